The Hall–Kier alpha value is -2.31. The van der Waals surface area contributed by atoms with Crippen molar-refractivity contribution in [3.05, 3.63) is 42.0 Å². The van der Waals surface area contributed by atoms with Gasteiger partial charge in [0.15, 0.2) is 5.82 Å². The van der Waals surface area contributed by atoms with Gasteiger partial charge in [-0.2, -0.15) is 0 Å². The van der Waals surface area contributed by atoms with E-state index in [1.807, 2.05) is 34.9 Å². The van der Waals surface area contributed by atoms with Crippen molar-refractivity contribution in [3.63, 3.8) is 0 Å². The number of rotatable bonds is 6. The van der Waals surface area contributed by atoms with Gasteiger partial charge in [-0.1, -0.05) is 18.2 Å². The number of nitrogens with zero attached hydrogens (tertiary/aromatic N) is 3. The Labute approximate surface area is 138 Å². The molecule has 2 aromatic rings. The van der Waals surface area contributed by atoms with Crippen molar-refractivity contribution in [3.8, 4) is 5.69 Å². The van der Waals surface area contributed by atoms with Crippen LogP contribution >= 0.6 is 0 Å². The summed E-state index contributed by atoms with van der Waals surface area (Å²) in [5.74, 6) is 0.262. The first kappa shape index (κ1) is 15.2. The first-order valence-electron chi connectivity index (χ1n) is 8.20. The number of hydrogen-bond acceptors (Lipinski definition) is 3. The third-order valence-corrected chi connectivity index (χ3v) is 4.63. The summed E-state index contributed by atoms with van der Waals surface area (Å²) in [6, 6.07) is 9.74. The maximum absolute atomic E-state index is 12.6. The lowest BCUT2D eigenvalue weighted by atomic mass is 10.3. The number of amides is 1. The highest BCUT2D eigenvalue weighted by molar-refractivity contribution is 5.81. The molecule has 1 aromatic carbocycles. The van der Waals surface area contributed by atoms with Gasteiger partial charge in [0.1, 0.15) is 5.82 Å². The van der Waals surface area contributed by atoms with Crippen LogP contribution in [0.4, 0.5) is 8.78 Å². The number of benzene rings is 1. The molecule has 5 nitrogen and oxygen atoms in total. The maximum atomic E-state index is 12.6. The molecule has 0 spiro atoms. The van der Waals surface area contributed by atoms with Gasteiger partial charge in [-0.15, -0.1) is 10.2 Å². The van der Waals surface area contributed by atoms with E-state index in [9.17, 15) is 13.6 Å². The molecule has 1 heterocycles. The minimum atomic E-state index is -2.42. The third-order valence-electron chi connectivity index (χ3n) is 4.63. The second-order valence-electron chi connectivity index (χ2n) is 6.48. The van der Waals surface area contributed by atoms with E-state index in [0.29, 0.717) is 11.7 Å². The van der Waals surface area contributed by atoms with Crippen LogP contribution in [0.25, 0.3) is 5.69 Å². The van der Waals surface area contributed by atoms with Crippen molar-refractivity contribution < 1.29 is 13.6 Å². The van der Waals surface area contributed by atoms with E-state index in [0.717, 1.165) is 24.4 Å². The van der Waals surface area contributed by atoms with Gasteiger partial charge in [0.05, 0.1) is 6.54 Å². The van der Waals surface area contributed by atoms with E-state index in [4.69, 9.17) is 0 Å². The lowest BCUT2D eigenvalue weighted by Gasteiger charge is -2.11. The zero-order valence-electron chi connectivity index (χ0n) is 13.0. The van der Waals surface area contributed by atoms with E-state index in [2.05, 4.69) is 15.5 Å². The fourth-order valence-electron chi connectivity index (χ4n) is 3.00. The predicted octanol–water partition coefficient (Wildman–Crippen LogP) is 2.66. The molecule has 126 valence electrons. The molecule has 0 radical (unpaired) electrons. The fraction of sp³-hybridized carbons (Fsp3) is 0.471. The first-order valence-corrected chi connectivity index (χ1v) is 8.20. The van der Waals surface area contributed by atoms with Crippen LogP contribution in [0.5, 0.6) is 0 Å². The molecule has 0 bridgehead atoms. The number of nitrogens with one attached hydrogen (secondary N) is 1. The number of hydrogen-bond donors (Lipinski definition) is 1. The molecule has 0 unspecified atom stereocenters. The second-order valence-corrected chi connectivity index (χ2v) is 6.48. The summed E-state index contributed by atoms with van der Waals surface area (Å²) in [6.45, 7) is 0.194. The Balaban J connectivity index is 1.50. The molecule has 7 heteroatoms. The number of carbonyl (C=O) groups is 1. The van der Waals surface area contributed by atoms with Crippen LogP contribution in [0.15, 0.2) is 30.3 Å². The first-order chi connectivity index (χ1) is 11.6. The normalized spacial score (nSPS) is 22.6. The average Bonchev–Trinajstić information content (AvgIpc) is 3.50. The summed E-state index contributed by atoms with van der Waals surface area (Å²) in [5.41, 5.74) is 0.950. The molecule has 2 aliphatic carbocycles. The molecule has 4 rings (SSSR count). The summed E-state index contributed by atoms with van der Waals surface area (Å²) >= 11 is 0. The number of aromatic nitrogens is 3. The van der Waals surface area contributed by atoms with E-state index < -0.39 is 18.3 Å². The summed E-state index contributed by atoms with van der Waals surface area (Å²) in [6.07, 6.45) is 0.0304. The molecule has 0 saturated heterocycles. The predicted molar refractivity (Wildman–Crippen MR) is 82.8 cm³/mol. The molecule has 2 atom stereocenters. The van der Waals surface area contributed by atoms with Crippen LogP contribution in [0.1, 0.15) is 36.8 Å². The molecule has 0 aliphatic heterocycles. The van der Waals surface area contributed by atoms with E-state index in [1.165, 1.54) is 0 Å². The Bertz CT molecular complexity index is 742. The summed E-state index contributed by atoms with van der Waals surface area (Å²) in [7, 11) is 0. The Morgan fingerprint density at radius 3 is 2.62 bits per heavy atom. The second kappa shape index (κ2) is 5.96. The van der Waals surface area contributed by atoms with E-state index in [-0.39, 0.29) is 18.9 Å². The molecular formula is C17H18F2N4O. The Kier molecular flexibility index (Phi) is 3.78. The largest absolute Gasteiger partial charge is 0.349 e. The lowest BCUT2D eigenvalue weighted by molar-refractivity contribution is -0.123. The molecule has 1 aromatic heterocycles. The van der Waals surface area contributed by atoms with Crippen LogP contribution in [0.3, 0.4) is 0 Å². The highest BCUT2D eigenvalue weighted by atomic mass is 19.3. The maximum Gasteiger partial charge on any atom is 0.242 e. The number of carbonyl (C=O) groups excluding carboxylic acids is 1. The monoisotopic (exact) mass is 332 g/mol. The summed E-state index contributed by atoms with van der Waals surface area (Å²) in [5, 5.41) is 11.2. The van der Waals surface area contributed by atoms with Crippen LogP contribution < -0.4 is 5.32 Å². The molecule has 24 heavy (non-hydrogen) atoms. The van der Waals surface area contributed by atoms with Gasteiger partial charge in [0.2, 0.25) is 12.3 Å². The van der Waals surface area contributed by atoms with Crippen LogP contribution in [-0.4, -0.2) is 27.1 Å². The molecule has 2 fully saturated rings. The van der Waals surface area contributed by atoms with Crippen molar-refractivity contribution in [1.82, 2.24) is 20.1 Å². The zero-order chi connectivity index (χ0) is 16.7. The molecular weight excluding hydrogens is 314 g/mol. The van der Waals surface area contributed by atoms with Gasteiger partial charge < -0.3 is 5.32 Å². The van der Waals surface area contributed by atoms with Gasteiger partial charge >= 0.3 is 0 Å². The highest BCUT2D eigenvalue weighted by Crippen LogP contribution is 2.43. The fourth-order valence-corrected chi connectivity index (χ4v) is 3.00. The minimum absolute atomic E-state index is 0.194. The number of para-hydroxylation sites is 1. The van der Waals surface area contributed by atoms with Crippen molar-refractivity contribution in [2.24, 2.45) is 11.8 Å². The van der Waals surface area contributed by atoms with Crippen molar-refractivity contribution >= 4 is 5.91 Å². The molecule has 1 amide bonds. The third kappa shape index (κ3) is 2.90. The highest BCUT2D eigenvalue weighted by Gasteiger charge is 2.48. The summed E-state index contributed by atoms with van der Waals surface area (Å²) < 4.78 is 27.1. The van der Waals surface area contributed by atoms with Crippen molar-refractivity contribution in [2.45, 2.75) is 38.2 Å². The Morgan fingerprint density at radius 2 is 2.00 bits per heavy atom. The minimum Gasteiger partial charge on any atom is -0.349 e. The molecule has 2 saturated carbocycles. The van der Waals surface area contributed by atoms with Crippen LogP contribution in [0.2, 0.25) is 0 Å². The Morgan fingerprint density at radius 1 is 1.25 bits per heavy atom. The van der Waals surface area contributed by atoms with Gasteiger partial charge in [-0.25, -0.2) is 8.78 Å². The van der Waals surface area contributed by atoms with Gasteiger partial charge in [-0.05, 0) is 31.4 Å². The van der Waals surface area contributed by atoms with Gasteiger partial charge in [-0.3, -0.25) is 9.36 Å². The zero-order valence-corrected chi connectivity index (χ0v) is 13.0. The van der Waals surface area contributed by atoms with Crippen LogP contribution in [0, 0.1) is 11.8 Å². The molecule has 1 N–H and O–H groups in total. The SMILES string of the molecule is O=C(NCc1nnc(C2CC2)n1-c1ccccc1)[C@H]1C[C@@H]1C(F)F. The topological polar surface area (TPSA) is 59.8 Å². The number of alkyl halides is 2. The van der Waals surface area contributed by atoms with Gasteiger partial charge in [0, 0.05) is 23.4 Å². The van der Waals surface area contributed by atoms with Crippen LogP contribution in [-0.2, 0) is 11.3 Å². The van der Waals surface area contributed by atoms with E-state index >= 15 is 0 Å². The summed E-state index contributed by atoms with van der Waals surface area (Å²) in [4.78, 5) is 12.0. The van der Waals surface area contributed by atoms with E-state index in [1.54, 1.807) is 0 Å². The quantitative estimate of drug-likeness (QED) is 0.885. The molecule has 2 aliphatic rings. The van der Waals surface area contributed by atoms with Crippen molar-refractivity contribution in [1.29, 1.82) is 0 Å². The smallest absolute Gasteiger partial charge is 0.242 e. The average molecular weight is 332 g/mol. The van der Waals surface area contributed by atoms with Gasteiger partial charge in [0.25, 0.3) is 0 Å². The van der Waals surface area contributed by atoms with Crippen molar-refractivity contribution in [2.75, 3.05) is 0 Å². The standard InChI is InChI=1S/C17H18F2N4O/c18-15(19)12-8-13(12)17(24)20-9-14-21-22-16(10-6-7-10)23(14)11-4-2-1-3-5-11/h1-5,10,12-13,15H,6-9H2,(H,20,24)/t12-,13-/m0/s1. The number of halogens is 2. The lowest BCUT2D eigenvalue weighted by Crippen LogP contribution is -2.27.